The fourth-order valence-corrected chi connectivity index (χ4v) is 4.14. The topological polar surface area (TPSA) is 45.5 Å². The number of likely N-dealkylation sites (tertiary alicyclic amines) is 1. The van der Waals surface area contributed by atoms with Crippen LogP contribution in [0.1, 0.15) is 41.8 Å². The lowest BCUT2D eigenvalue weighted by Crippen LogP contribution is -2.31. The second-order valence-corrected chi connectivity index (χ2v) is 7.86. The van der Waals surface area contributed by atoms with Crippen molar-refractivity contribution in [3.8, 4) is 11.1 Å². The van der Waals surface area contributed by atoms with Crippen LogP contribution in [0.4, 0.5) is 0 Å². The van der Waals surface area contributed by atoms with Gasteiger partial charge < -0.3 is 9.32 Å². The van der Waals surface area contributed by atoms with Gasteiger partial charge in [0.2, 0.25) is 0 Å². The van der Waals surface area contributed by atoms with Gasteiger partial charge in [0.1, 0.15) is 5.76 Å². The van der Waals surface area contributed by atoms with Gasteiger partial charge in [-0.2, -0.15) is 0 Å². The molecule has 0 unspecified atom stereocenters. The second kappa shape index (κ2) is 8.56. The van der Waals surface area contributed by atoms with Gasteiger partial charge in [0.25, 0.3) is 5.91 Å². The van der Waals surface area contributed by atoms with Crippen LogP contribution in [0, 0.1) is 0 Å². The molecule has 146 valence electrons. The average molecular weight is 417 g/mol. The Morgan fingerprint density at radius 2 is 1.71 bits per heavy atom. The maximum Gasteiger partial charge on any atom is 0.253 e. The quantitative estimate of drug-likeness (QED) is 0.529. The molecule has 1 saturated heterocycles. The smallest absolute Gasteiger partial charge is 0.253 e. The molecule has 1 aliphatic heterocycles. The summed E-state index contributed by atoms with van der Waals surface area (Å²) in [5, 5.41) is 1.48. The fourth-order valence-electron chi connectivity index (χ4n) is 3.74. The van der Waals surface area contributed by atoms with Crippen LogP contribution in [0.3, 0.4) is 0 Å². The Bertz CT molecular complexity index is 974. The molecular formula is C22H22Cl2N2O2. The van der Waals surface area contributed by atoms with Gasteiger partial charge in [0.15, 0.2) is 5.58 Å². The molecule has 0 atom stereocenters. The van der Waals surface area contributed by atoms with Crippen molar-refractivity contribution in [2.45, 2.75) is 32.2 Å². The van der Waals surface area contributed by atoms with Crippen LogP contribution in [0.2, 0.25) is 5.02 Å². The Labute approximate surface area is 174 Å². The van der Waals surface area contributed by atoms with Gasteiger partial charge in [0.05, 0.1) is 11.6 Å². The molecule has 0 bridgehead atoms. The summed E-state index contributed by atoms with van der Waals surface area (Å²) in [7, 11) is 0. The zero-order valence-corrected chi connectivity index (χ0v) is 17.0. The van der Waals surface area contributed by atoms with Crippen molar-refractivity contribution in [3.63, 3.8) is 0 Å². The lowest BCUT2D eigenvalue weighted by Gasteiger charge is -2.20. The Balaban J connectivity index is 1.58. The molecular weight excluding hydrogens is 395 g/mol. The van der Waals surface area contributed by atoms with E-state index in [1.807, 2.05) is 47.4 Å². The number of carbonyl (C=O) groups excluding carboxylic acids is 1. The van der Waals surface area contributed by atoms with E-state index >= 15 is 0 Å². The molecule has 4 nitrogen and oxygen atoms in total. The highest BCUT2D eigenvalue weighted by atomic mass is 35.5. The van der Waals surface area contributed by atoms with Gasteiger partial charge in [-0.1, -0.05) is 36.6 Å². The van der Waals surface area contributed by atoms with E-state index in [1.54, 1.807) is 0 Å². The van der Waals surface area contributed by atoms with Crippen molar-refractivity contribution < 1.29 is 9.21 Å². The second-order valence-electron chi connectivity index (χ2n) is 7.18. The lowest BCUT2D eigenvalue weighted by molar-refractivity contribution is 0.0761. The predicted molar refractivity (Wildman–Crippen MR) is 114 cm³/mol. The molecule has 0 aliphatic carbocycles. The molecule has 1 aliphatic rings. The Morgan fingerprint density at radius 1 is 1.00 bits per heavy atom. The lowest BCUT2D eigenvalue weighted by atomic mass is 10.0. The zero-order chi connectivity index (χ0) is 19.5. The first kappa shape index (κ1) is 19.3. The average Bonchev–Trinajstić information content (AvgIpc) is 2.93. The number of carbonyl (C=O) groups is 1. The van der Waals surface area contributed by atoms with E-state index in [4.69, 9.17) is 27.8 Å². The summed E-state index contributed by atoms with van der Waals surface area (Å²) in [6.45, 7) is 2.13. The van der Waals surface area contributed by atoms with E-state index in [-0.39, 0.29) is 5.91 Å². The SMILES string of the molecule is O=C(c1ccc(-c2cc(Cl)c3oc(CNCl)cc3c2)cc1)N1CCCCCC1. The van der Waals surface area contributed by atoms with Crippen LogP contribution < -0.4 is 4.84 Å². The first-order valence-electron chi connectivity index (χ1n) is 9.61. The first-order chi connectivity index (χ1) is 13.7. The van der Waals surface area contributed by atoms with Gasteiger partial charge in [-0.15, -0.1) is 0 Å². The molecule has 28 heavy (non-hydrogen) atoms. The molecule has 2 aromatic carbocycles. The molecule has 1 fully saturated rings. The molecule has 4 rings (SSSR count). The van der Waals surface area contributed by atoms with E-state index < -0.39 is 0 Å². The van der Waals surface area contributed by atoms with Crippen LogP contribution in [-0.2, 0) is 6.54 Å². The minimum atomic E-state index is 0.120. The van der Waals surface area contributed by atoms with E-state index in [9.17, 15) is 4.79 Å². The van der Waals surface area contributed by atoms with Gasteiger partial charge >= 0.3 is 0 Å². The zero-order valence-electron chi connectivity index (χ0n) is 15.5. The molecule has 6 heteroatoms. The summed E-state index contributed by atoms with van der Waals surface area (Å²) in [5.41, 5.74) is 3.38. The number of amides is 1. The van der Waals surface area contributed by atoms with Crippen molar-refractivity contribution in [2.24, 2.45) is 0 Å². The van der Waals surface area contributed by atoms with Crippen LogP contribution in [-0.4, -0.2) is 23.9 Å². The Kier molecular flexibility index (Phi) is 5.90. The third-order valence-corrected chi connectivity index (χ3v) is 5.64. The highest BCUT2D eigenvalue weighted by molar-refractivity contribution is 6.35. The number of nitrogens with one attached hydrogen (secondary N) is 1. The molecule has 1 aromatic heterocycles. The van der Waals surface area contributed by atoms with E-state index in [0.29, 0.717) is 17.2 Å². The van der Waals surface area contributed by atoms with Gasteiger partial charge in [-0.05, 0) is 66.1 Å². The summed E-state index contributed by atoms with van der Waals surface area (Å²) in [4.78, 5) is 17.3. The monoisotopic (exact) mass is 416 g/mol. The normalized spacial score (nSPS) is 15.0. The van der Waals surface area contributed by atoms with E-state index in [2.05, 4.69) is 4.84 Å². The predicted octanol–water partition coefficient (Wildman–Crippen LogP) is 6.01. The molecule has 3 aromatic rings. The third kappa shape index (κ3) is 4.04. The van der Waals surface area contributed by atoms with Crippen molar-refractivity contribution in [3.05, 3.63) is 58.8 Å². The van der Waals surface area contributed by atoms with Gasteiger partial charge in [-0.3, -0.25) is 4.79 Å². The number of fused-ring (bicyclic) bond motifs is 1. The van der Waals surface area contributed by atoms with Crippen molar-refractivity contribution in [1.82, 2.24) is 9.74 Å². The molecule has 0 saturated carbocycles. The van der Waals surface area contributed by atoms with Crippen LogP contribution in [0.25, 0.3) is 22.1 Å². The highest BCUT2D eigenvalue weighted by Gasteiger charge is 2.17. The first-order valence-corrected chi connectivity index (χ1v) is 10.4. The van der Waals surface area contributed by atoms with Gasteiger partial charge in [-0.25, -0.2) is 4.84 Å². The van der Waals surface area contributed by atoms with Crippen LogP contribution >= 0.6 is 23.4 Å². The summed E-state index contributed by atoms with van der Waals surface area (Å²) in [6.07, 6.45) is 4.60. The summed E-state index contributed by atoms with van der Waals surface area (Å²) in [6, 6.07) is 13.6. The van der Waals surface area contributed by atoms with Crippen LogP contribution in [0.15, 0.2) is 46.9 Å². The van der Waals surface area contributed by atoms with E-state index in [0.717, 1.165) is 53.8 Å². The summed E-state index contributed by atoms with van der Waals surface area (Å²) < 4.78 is 5.73. The van der Waals surface area contributed by atoms with E-state index in [1.165, 1.54) is 12.8 Å². The van der Waals surface area contributed by atoms with Crippen molar-refractivity contribution in [2.75, 3.05) is 13.1 Å². The molecule has 2 heterocycles. The molecule has 1 amide bonds. The minimum Gasteiger partial charge on any atom is -0.458 e. The summed E-state index contributed by atoms with van der Waals surface area (Å²) in [5.74, 6) is 0.845. The number of halogens is 2. The number of rotatable bonds is 4. The Hall–Kier alpha value is -2.01. The molecule has 0 radical (unpaired) electrons. The maximum atomic E-state index is 12.8. The van der Waals surface area contributed by atoms with Crippen molar-refractivity contribution >= 4 is 40.3 Å². The minimum absolute atomic E-state index is 0.120. The number of nitrogens with zero attached hydrogens (tertiary/aromatic N) is 1. The standard InChI is InChI=1S/C22H22Cl2N2O2/c23-20-13-17(11-18-12-19(14-25-24)28-21(18)20)15-5-7-16(8-6-15)22(27)26-9-3-1-2-4-10-26/h5-8,11-13,25H,1-4,9-10,14H2. The summed E-state index contributed by atoms with van der Waals surface area (Å²) >= 11 is 12.0. The Morgan fingerprint density at radius 3 is 2.39 bits per heavy atom. The maximum absolute atomic E-state index is 12.8. The third-order valence-electron chi connectivity index (χ3n) is 5.22. The number of hydrogen-bond acceptors (Lipinski definition) is 3. The molecule has 0 spiro atoms. The highest BCUT2D eigenvalue weighted by Crippen LogP contribution is 2.33. The van der Waals surface area contributed by atoms with Crippen molar-refractivity contribution in [1.29, 1.82) is 0 Å². The number of benzene rings is 2. The van der Waals surface area contributed by atoms with Crippen LogP contribution in [0.5, 0.6) is 0 Å². The van der Waals surface area contributed by atoms with Gasteiger partial charge in [0, 0.05) is 24.0 Å². The number of hydrogen-bond donors (Lipinski definition) is 1. The number of furan rings is 1. The fraction of sp³-hybridized carbons (Fsp3) is 0.318. The molecule has 1 N–H and O–H groups in total. The largest absolute Gasteiger partial charge is 0.458 e.